The van der Waals surface area contributed by atoms with Gasteiger partial charge in [-0.25, -0.2) is 23.1 Å². The number of anilines is 1. The summed E-state index contributed by atoms with van der Waals surface area (Å²) in [6.45, 7) is 3.60. The van der Waals surface area contributed by atoms with E-state index in [4.69, 9.17) is 31.2 Å². The number of hydrogen-bond acceptors (Lipinski definition) is 11. The minimum atomic E-state index is -3.74. The number of benzene rings is 1. The van der Waals surface area contributed by atoms with Gasteiger partial charge in [0.1, 0.15) is 16.2 Å². The third-order valence-corrected chi connectivity index (χ3v) is 11.1. The Hall–Kier alpha value is -2.94. The highest BCUT2D eigenvalue weighted by Gasteiger charge is 2.35. The van der Waals surface area contributed by atoms with E-state index in [1.165, 1.54) is 11.3 Å². The molecular weight excluding hydrogens is 636 g/mol. The van der Waals surface area contributed by atoms with Crippen molar-refractivity contribution in [2.24, 2.45) is 0 Å². The summed E-state index contributed by atoms with van der Waals surface area (Å²) < 4.78 is 40.2. The van der Waals surface area contributed by atoms with Crippen molar-refractivity contribution < 1.29 is 23.0 Å². The van der Waals surface area contributed by atoms with E-state index in [0.717, 1.165) is 81.6 Å². The van der Waals surface area contributed by atoms with Gasteiger partial charge in [0.25, 0.3) is 0 Å². The molecule has 1 aromatic carbocycles. The molecule has 2 saturated heterocycles. The fourth-order valence-electron chi connectivity index (χ4n) is 6.66. The third-order valence-electron chi connectivity index (χ3n) is 8.83. The number of pyridine rings is 1. The molecule has 11 nitrogen and oxygen atoms in total. The van der Waals surface area contributed by atoms with Gasteiger partial charge in [-0.1, -0.05) is 11.6 Å². The second-order valence-electron chi connectivity index (χ2n) is 12.7. The molecule has 0 bridgehead atoms. The van der Waals surface area contributed by atoms with Crippen molar-refractivity contribution in [1.82, 2.24) is 24.7 Å². The van der Waals surface area contributed by atoms with Crippen molar-refractivity contribution in [2.75, 3.05) is 44.1 Å². The van der Waals surface area contributed by atoms with E-state index >= 15 is 0 Å². The van der Waals surface area contributed by atoms with Gasteiger partial charge in [-0.05, 0) is 62.6 Å². The summed E-state index contributed by atoms with van der Waals surface area (Å²) >= 11 is 8.49. The zero-order chi connectivity index (χ0) is 31.1. The van der Waals surface area contributed by atoms with Crippen molar-refractivity contribution in [1.29, 1.82) is 0 Å². The molecule has 4 aromatic heterocycles. The lowest BCUT2D eigenvalue weighted by atomic mass is 9.95. The molecule has 1 aliphatic carbocycles. The molecule has 1 saturated carbocycles. The number of sulfone groups is 1. The summed E-state index contributed by atoms with van der Waals surface area (Å²) in [5.74, 6) is 0.777. The number of β-amino-alcohol motifs (C(OH)–C–C–N with tert-alkyl or cyclic N) is 1. The van der Waals surface area contributed by atoms with Crippen molar-refractivity contribution in [3.63, 3.8) is 0 Å². The van der Waals surface area contributed by atoms with Gasteiger partial charge in [0.2, 0.25) is 15.0 Å². The molecule has 3 fully saturated rings. The molecule has 0 radical (unpaired) electrons. The normalized spacial score (nSPS) is 23.3. The number of aromatic nitrogens is 5. The highest BCUT2D eigenvalue weighted by atomic mass is 35.5. The summed E-state index contributed by atoms with van der Waals surface area (Å²) in [4.78, 5) is 16.5. The van der Waals surface area contributed by atoms with Crippen LogP contribution in [0.5, 0.6) is 0 Å². The second kappa shape index (κ2) is 10.8. The number of ether oxygens (including phenoxy) is 2. The number of fused-ring (bicyclic) bond motifs is 4. The number of rotatable bonds is 5. The number of aliphatic hydroxyl groups is 1. The van der Waals surface area contributed by atoms with Gasteiger partial charge >= 0.3 is 0 Å². The summed E-state index contributed by atoms with van der Waals surface area (Å²) in [5.41, 5.74) is 2.52. The van der Waals surface area contributed by atoms with Crippen molar-refractivity contribution in [2.45, 2.75) is 61.9 Å². The van der Waals surface area contributed by atoms with Crippen LogP contribution in [0.4, 0.5) is 5.82 Å². The van der Waals surface area contributed by atoms with E-state index in [2.05, 4.69) is 9.97 Å². The smallest absolute Gasteiger partial charge is 0.250 e. The van der Waals surface area contributed by atoms with Gasteiger partial charge < -0.3 is 19.5 Å². The molecule has 0 spiro atoms. The van der Waals surface area contributed by atoms with Crippen molar-refractivity contribution >= 4 is 69.8 Å². The van der Waals surface area contributed by atoms with Gasteiger partial charge in [0, 0.05) is 47.0 Å². The highest BCUT2D eigenvalue weighted by Crippen LogP contribution is 2.52. The second-order valence-corrected chi connectivity index (χ2v) is 16.0. The minimum absolute atomic E-state index is 0.151. The Morgan fingerprint density at radius 1 is 1.16 bits per heavy atom. The summed E-state index contributed by atoms with van der Waals surface area (Å²) in [7, 11) is -3.74. The molecule has 6 heterocycles. The summed E-state index contributed by atoms with van der Waals surface area (Å²) in [6, 6.07) is 3.94. The molecule has 1 N–H and O–H groups in total. The Bertz CT molecular complexity index is 2090. The molecule has 2 atom stereocenters. The van der Waals surface area contributed by atoms with Gasteiger partial charge in [-0.2, -0.15) is 5.10 Å². The van der Waals surface area contributed by atoms with Crippen LogP contribution < -0.4 is 4.90 Å². The Morgan fingerprint density at radius 2 is 2.00 bits per heavy atom. The molecule has 5 aromatic rings. The molecule has 1 unspecified atom stereocenters. The maximum Gasteiger partial charge on any atom is 0.250 e. The van der Waals surface area contributed by atoms with Crippen LogP contribution in [-0.2, 0) is 19.3 Å². The van der Waals surface area contributed by atoms with Crippen LogP contribution in [-0.4, -0.2) is 83.0 Å². The van der Waals surface area contributed by atoms with Gasteiger partial charge in [0.05, 0.1) is 47.3 Å². The van der Waals surface area contributed by atoms with Crippen LogP contribution in [0.3, 0.4) is 0 Å². The lowest BCUT2D eigenvalue weighted by molar-refractivity contribution is -0.0366. The van der Waals surface area contributed by atoms with E-state index < -0.39 is 15.4 Å². The average Bonchev–Trinajstić information content (AvgIpc) is 3.69. The van der Waals surface area contributed by atoms with E-state index in [9.17, 15) is 13.5 Å². The minimum Gasteiger partial charge on any atom is -0.386 e. The lowest BCUT2D eigenvalue weighted by Gasteiger charge is -2.28. The summed E-state index contributed by atoms with van der Waals surface area (Å²) in [6.07, 6.45) is 9.72. The van der Waals surface area contributed by atoms with Crippen LogP contribution in [0.2, 0.25) is 5.02 Å². The number of nitrogens with zero attached hydrogens (tertiary/aromatic N) is 6. The zero-order valence-corrected chi connectivity index (χ0v) is 27.4. The first-order chi connectivity index (χ1) is 21.6. The van der Waals surface area contributed by atoms with Crippen LogP contribution >= 0.6 is 22.9 Å². The first kappa shape index (κ1) is 29.5. The molecule has 236 valence electrons. The summed E-state index contributed by atoms with van der Waals surface area (Å²) in [5, 5.41) is 18.8. The maximum absolute atomic E-state index is 12.8. The van der Waals surface area contributed by atoms with Gasteiger partial charge in [-0.15, -0.1) is 11.3 Å². The van der Waals surface area contributed by atoms with E-state index in [-0.39, 0.29) is 24.5 Å². The van der Waals surface area contributed by atoms with Gasteiger partial charge in [-0.3, -0.25) is 4.98 Å². The van der Waals surface area contributed by atoms with Crippen LogP contribution in [0, 0.1) is 0 Å². The fraction of sp³-hybridized carbons (Fsp3) is 0.484. The highest BCUT2D eigenvalue weighted by molar-refractivity contribution is 7.90. The SMILES string of the molecule is C[C@@]1(O)COCCN(c2nc(S(C)(=O)=O)nc3sc4c(-c5c(C6CC6)c(Cl)cc6c5cnn6C5CCCCO5)nccc4c23)C1. The Kier molecular flexibility index (Phi) is 7.08. The Morgan fingerprint density at radius 3 is 2.76 bits per heavy atom. The van der Waals surface area contributed by atoms with Crippen LogP contribution in [0.1, 0.15) is 56.7 Å². The quantitative estimate of drug-likeness (QED) is 0.240. The zero-order valence-electron chi connectivity index (χ0n) is 25.0. The standard InChI is InChI=1S/C31H33ClN6O5S2/c1-31(39)15-37(10-12-42-16-31)28-25-18-8-9-33-26(27(18)44-29(25)36-30(35-28)45(2,40)41)24-19-14-34-38(22-5-3-4-11-43-22)21(19)13-20(32)23(24)17-6-7-17/h8-9,13-14,17,22,39H,3-7,10-12,15-16H2,1-2H3/t22?,31-/m0/s1. The predicted octanol–water partition coefficient (Wildman–Crippen LogP) is 5.48. The van der Waals surface area contributed by atoms with Crippen molar-refractivity contribution in [3.8, 4) is 11.3 Å². The molecule has 0 amide bonds. The predicted molar refractivity (Wildman–Crippen MR) is 174 cm³/mol. The van der Waals surface area contributed by atoms with E-state index in [1.807, 2.05) is 27.9 Å². The number of hydrogen-bond donors (Lipinski definition) is 1. The molecule has 45 heavy (non-hydrogen) atoms. The molecule has 2 aliphatic heterocycles. The first-order valence-electron chi connectivity index (χ1n) is 15.2. The average molecular weight is 669 g/mol. The molecule has 8 rings (SSSR count). The van der Waals surface area contributed by atoms with Crippen LogP contribution in [0.25, 0.3) is 42.5 Å². The molecular formula is C31H33ClN6O5S2. The topological polar surface area (TPSA) is 133 Å². The monoisotopic (exact) mass is 668 g/mol. The number of thiophene rings is 1. The third kappa shape index (κ3) is 5.17. The number of halogens is 1. The maximum atomic E-state index is 12.8. The molecule has 3 aliphatic rings. The molecule has 14 heteroatoms. The lowest BCUT2D eigenvalue weighted by Crippen LogP contribution is -2.42. The van der Waals surface area contributed by atoms with E-state index in [0.29, 0.717) is 41.3 Å². The first-order valence-corrected chi connectivity index (χ1v) is 18.3. The van der Waals surface area contributed by atoms with Crippen molar-refractivity contribution in [3.05, 3.63) is 35.1 Å². The Balaban J connectivity index is 1.40. The fourth-order valence-corrected chi connectivity index (χ4v) is 8.74. The van der Waals surface area contributed by atoms with E-state index in [1.54, 1.807) is 13.1 Å². The van der Waals surface area contributed by atoms with Crippen LogP contribution in [0.15, 0.2) is 29.7 Å². The Labute approximate surface area is 269 Å². The van der Waals surface area contributed by atoms with Gasteiger partial charge in [0.15, 0.2) is 6.23 Å². The largest absolute Gasteiger partial charge is 0.386 e.